The van der Waals surface area contributed by atoms with Gasteiger partial charge in [-0.3, -0.25) is 0 Å². The van der Waals surface area contributed by atoms with Gasteiger partial charge in [-0.25, -0.2) is 9.59 Å². The van der Waals surface area contributed by atoms with Crippen LogP contribution in [0.1, 0.15) is 27.7 Å². The van der Waals surface area contributed by atoms with Crippen molar-refractivity contribution in [1.82, 2.24) is 0 Å². The number of aliphatic hydroxyl groups excluding tert-OH is 14. The van der Waals surface area contributed by atoms with Gasteiger partial charge < -0.3 is 109 Å². The van der Waals surface area contributed by atoms with Crippen molar-refractivity contribution in [2.45, 2.75) is 151 Å². The fraction of sp³-hybridized carbons (Fsp3) is 0.636. The average Bonchev–Trinajstić information content (AvgIpc) is 3.31. The molecule has 14 N–H and O–H groups in total. The zero-order valence-corrected chi connectivity index (χ0v) is 37.5. The largest absolute Gasteiger partial charge is 0.429 e. The highest BCUT2D eigenvalue weighted by Gasteiger charge is 2.50. The lowest BCUT2D eigenvalue weighted by molar-refractivity contribution is -0.326. The van der Waals surface area contributed by atoms with E-state index in [1.54, 1.807) is 62.5 Å². The second kappa shape index (κ2) is 26.5. The van der Waals surface area contributed by atoms with Crippen LogP contribution in [0.3, 0.4) is 0 Å². The molecular weight excluding hydrogens is 912 g/mol. The van der Waals surface area contributed by atoms with Crippen molar-refractivity contribution in [3.8, 4) is 0 Å². The van der Waals surface area contributed by atoms with Crippen LogP contribution in [0.25, 0.3) is 0 Å². The normalized spacial score (nSPS) is 40.3. The lowest BCUT2D eigenvalue weighted by Crippen LogP contribution is -2.61. The Bertz CT molecular complexity index is 1730. The summed E-state index contributed by atoms with van der Waals surface area (Å²) < 4.78 is 42.7. The van der Waals surface area contributed by atoms with E-state index in [0.717, 1.165) is 11.1 Å². The van der Waals surface area contributed by atoms with E-state index in [4.69, 9.17) is 37.9 Å². The van der Waals surface area contributed by atoms with E-state index in [1.807, 2.05) is 0 Å². The van der Waals surface area contributed by atoms with E-state index in [9.17, 15) is 81.1 Å². The van der Waals surface area contributed by atoms with Crippen LogP contribution in [0.15, 0.2) is 83.1 Å². The molecule has 384 valence electrons. The maximum absolute atomic E-state index is 12.8. The van der Waals surface area contributed by atoms with Gasteiger partial charge in [-0.1, -0.05) is 71.9 Å². The third kappa shape index (κ3) is 14.9. The smallest absolute Gasteiger partial charge is 0.336 e. The number of esters is 2. The predicted molar refractivity (Wildman–Crippen MR) is 227 cm³/mol. The second-order valence-corrected chi connectivity index (χ2v) is 16.5. The Balaban J connectivity index is 1.23. The van der Waals surface area contributed by atoms with Gasteiger partial charge in [-0.15, -0.1) is 0 Å². The molecule has 20 atom stereocenters. The number of carbonyl (C=O) groups is 2. The zero-order chi connectivity index (χ0) is 50.6. The first-order valence-corrected chi connectivity index (χ1v) is 21.5. The maximum Gasteiger partial charge on any atom is 0.336 e. The molecule has 0 saturated carbocycles. The van der Waals surface area contributed by atoms with Crippen LogP contribution < -0.4 is 0 Å². The van der Waals surface area contributed by atoms with Gasteiger partial charge in [0.05, 0.1) is 26.4 Å². The molecule has 68 heavy (non-hydrogen) atoms. The van der Waals surface area contributed by atoms with Gasteiger partial charge in [-0.05, 0) is 27.7 Å². The Morgan fingerprint density at radius 3 is 1.01 bits per heavy atom. The van der Waals surface area contributed by atoms with E-state index in [-0.39, 0.29) is 11.1 Å². The molecule has 4 aliphatic heterocycles. The average molecular weight is 977 g/mol. The summed E-state index contributed by atoms with van der Waals surface area (Å²) in [5.74, 6) is -1.86. The molecule has 0 radical (unpaired) electrons. The van der Waals surface area contributed by atoms with E-state index in [0.29, 0.717) is 0 Å². The molecule has 0 aliphatic carbocycles. The lowest BCUT2D eigenvalue weighted by atomic mass is 9.98. The highest BCUT2D eigenvalue weighted by molar-refractivity contribution is 5.88. The molecule has 0 amide bonds. The number of rotatable bonds is 18. The van der Waals surface area contributed by atoms with Gasteiger partial charge in [0.1, 0.15) is 97.7 Å². The van der Waals surface area contributed by atoms with Gasteiger partial charge in [0.25, 0.3) is 0 Å². The molecule has 0 aromatic rings. The van der Waals surface area contributed by atoms with Gasteiger partial charge in [0.15, 0.2) is 12.6 Å². The van der Waals surface area contributed by atoms with Crippen molar-refractivity contribution in [3.63, 3.8) is 0 Å². The molecule has 0 unspecified atom stereocenters. The first kappa shape index (κ1) is 56.9. The summed E-state index contributed by atoms with van der Waals surface area (Å²) in [6.45, 7) is 3.80. The van der Waals surface area contributed by atoms with Crippen LogP contribution in [-0.2, 0) is 47.5 Å². The van der Waals surface area contributed by atoms with Gasteiger partial charge in [0, 0.05) is 11.1 Å². The van der Waals surface area contributed by atoms with E-state index >= 15 is 0 Å². The molecule has 4 rings (SSSR count). The lowest BCUT2D eigenvalue weighted by Gasteiger charge is -2.42. The summed E-state index contributed by atoms with van der Waals surface area (Å²) in [6, 6.07) is 0. The van der Waals surface area contributed by atoms with Crippen LogP contribution in [0, 0.1) is 0 Å². The van der Waals surface area contributed by atoms with Gasteiger partial charge in [0.2, 0.25) is 12.6 Å². The van der Waals surface area contributed by atoms with Crippen molar-refractivity contribution in [2.75, 3.05) is 26.4 Å². The highest BCUT2D eigenvalue weighted by Crippen LogP contribution is 2.28. The highest BCUT2D eigenvalue weighted by atomic mass is 16.8. The SMILES string of the molecule is CC(/C=C/C=C(\C)C(=O)O[C@@H]1O[C@H](CO[C@@H]2O[C@H](CO)[C@@H](O)[C@H](O)[C@H]2O)[C@@H](O)[C@H](O)[C@H]1O)=C\C=C\C=C(C)\C=C\C=C(/C)C(=O)O[C@H]1O[C@H](CO[C@H]2O[C@H](CO)[C@@H](O)[C@H](O)[C@H]2O)[C@@H](O)[C@H](O)[C@H]1O. The van der Waals surface area contributed by atoms with E-state index in [2.05, 4.69) is 0 Å². The topological polar surface area (TPSA) is 391 Å². The molecule has 0 bridgehead atoms. The summed E-state index contributed by atoms with van der Waals surface area (Å²) in [6.07, 6.45) is -16.8. The first-order valence-electron chi connectivity index (χ1n) is 21.5. The molecule has 24 nitrogen and oxygen atoms in total. The van der Waals surface area contributed by atoms with Crippen molar-refractivity contribution in [3.05, 3.63) is 83.1 Å². The molecule has 0 spiro atoms. The van der Waals surface area contributed by atoms with E-state index in [1.165, 1.54) is 26.0 Å². The monoisotopic (exact) mass is 976 g/mol. The van der Waals surface area contributed by atoms with Gasteiger partial charge in [-0.2, -0.15) is 0 Å². The summed E-state index contributed by atoms with van der Waals surface area (Å²) in [4.78, 5) is 25.6. The van der Waals surface area contributed by atoms with Crippen LogP contribution in [-0.4, -0.2) is 233 Å². The molecule has 4 aliphatic rings. The Hall–Kier alpha value is -3.68. The summed E-state index contributed by atoms with van der Waals surface area (Å²) in [5, 5.41) is 142. The Morgan fingerprint density at radius 1 is 0.397 bits per heavy atom. The molecule has 4 fully saturated rings. The summed E-state index contributed by atoms with van der Waals surface area (Å²) in [7, 11) is 0. The van der Waals surface area contributed by atoms with Crippen molar-refractivity contribution < 1.29 is 119 Å². The number of carbonyl (C=O) groups excluding carboxylic acids is 2. The van der Waals surface area contributed by atoms with Crippen molar-refractivity contribution >= 4 is 11.9 Å². The molecule has 24 heteroatoms. The third-order valence-corrected chi connectivity index (χ3v) is 11.2. The minimum Gasteiger partial charge on any atom is -0.429 e. The van der Waals surface area contributed by atoms with Crippen LogP contribution in [0.2, 0.25) is 0 Å². The Labute approximate surface area is 390 Å². The first-order chi connectivity index (χ1) is 32.1. The standard InChI is InChI=1S/C44H64O24/c1-19(11-7-13-21(3)39(59)67-43-37(57)33(53)29(49)25(65-43)17-61-41-35(55)31(51)27(47)23(15-45)63-41)9-5-6-10-20(2)12-8-14-22(4)40(60)68-44-38(58)34(54)30(50)26(66-44)18-62-42-36(56)32(52)28(48)24(16-46)64-42/h5-14,23-38,41-58H,15-18H2,1-4H3/b6-5+,11-7+,12-8+,19-9+,20-10+,21-13+,22-14+/t23-,24-,25-,26-,27-,28-,29-,30-,31+,32+,33+,34+,35-,36-,37-,38-,41-,42+,43+,44-/m1/s1. The molecule has 0 aromatic carbocycles. The Kier molecular flexibility index (Phi) is 22.2. The van der Waals surface area contributed by atoms with Crippen LogP contribution in [0.5, 0.6) is 0 Å². The molecule has 0 aromatic heterocycles. The number of ether oxygens (including phenoxy) is 8. The number of allylic oxidation sites excluding steroid dienone is 12. The molecule has 4 saturated heterocycles. The van der Waals surface area contributed by atoms with E-state index < -0.39 is 161 Å². The predicted octanol–water partition coefficient (Wildman–Crippen LogP) is -5.23. The van der Waals surface area contributed by atoms with Crippen LogP contribution in [0.4, 0.5) is 0 Å². The van der Waals surface area contributed by atoms with Crippen LogP contribution >= 0.6 is 0 Å². The number of hydrogen-bond acceptors (Lipinski definition) is 24. The molecular formula is C44H64O24. The summed E-state index contributed by atoms with van der Waals surface area (Å²) in [5.41, 5.74) is 1.68. The molecule has 4 heterocycles. The van der Waals surface area contributed by atoms with Crippen molar-refractivity contribution in [1.29, 1.82) is 0 Å². The van der Waals surface area contributed by atoms with Crippen molar-refractivity contribution in [2.24, 2.45) is 0 Å². The minimum atomic E-state index is -1.86. The quantitative estimate of drug-likeness (QED) is 0.0347. The Morgan fingerprint density at radius 2 is 0.691 bits per heavy atom. The minimum absolute atomic E-state index is 0.0726. The second-order valence-electron chi connectivity index (χ2n) is 16.5. The zero-order valence-electron chi connectivity index (χ0n) is 37.5. The maximum atomic E-state index is 12.8. The van der Waals surface area contributed by atoms with Gasteiger partial charge >= 0.3 is 11.9 Å². The number of hydrogen-bond donors (Lipinski definition) is 14. The fourth-order valence-electron chi connectivity index (χ4n) is 6.84. The fourth-order valence-corrected chi connectivity index (χ4v) is 6.84. The number of aliphatic hydroxyl groups is 14. The summed E-state index contributed by atoms with van der Waals surface area (Å²) >= 11 is 0. The third-order valence-electron chi connectivity index (χ3n) is 11.2.